The Kier molecular flexibility index (Phi) is 3.26. The number of hydrogen-bond donors (Lipinski definition) is 0. The zero-order valence-corrected chi connectivity index (χ0v) is 10.1. The fraction of sp³-hybridized carbons (Fsp3) is 0.200. The molecule has 0 fully saturated rings. The lowest BCUT2D eigenvalue weighted by Gasteiger charge is -2.19. The molecule has 0 amide bonds. The van der Waals surface area contributed by atoms with E-state index in [-0.39, 0.29) is 5.97 Å². The molecule has 0 saturated heterocycles. The molecular weight excluding hydrogens is 248 g/mol. The number of nitrogens with zero attached hydrogens (tertiary/aromatic N) is 2. The van der Waals surface area contributed by atoms with Crippen LogP contribution in [0.25, 0.3) is 0 Å². The second-order valence-electron chi connectivity index (χ2n) is 3.06. The van der Waals surface area contributed by atoms with E-state index in [1.54, 1.807) is 12.3 Å². The minimum Gasteiger partial charge on any atom is -0.465 e. The average molecular weight is 257 g/mol. The van der Waals surface area contributed by atoms with Crippen LogP contribution in [0.1, 0.15) is 9.67 Å². The Morgan fingerprint density at radius 1 is 1.62 bits per heavy atom. The molecule has 0 spiro atoms. The van der Waals surface area contributed by atoms with E-state index < -0.39 is 0 Å². The topological polar surface area (TPSA) is 41.9 Å². The van der Waals surface area contributed by atoms with Crippen molar-refractivity contribution < 1.29 is 9.53 Å². The quantitative estimate of drug-likeness (QED) is 0.764. The summed E-state index contributed by atoms with van der Waals surface area (Å²) in [7, 11) is 1.37. The van der Waals surface area contributed by atoms with E-state index in [1.165, 1.54) is 18.4 Å². The standard InChI is InChI=1S/C10H9ClN2O2S/c1-15-10(14)7-2-3-9(16-7)13-5-4-12-8(11)6-13/h2-5H,6H2,1H3. The molecule has 6 heteroatoms. The van der Waals surface area contributed by atoms with Crippen LogP contribution in [0.15, 0.2) is 29.5 Å². The van der Waals surface area contributed by atoms with Crippen molar-refractivity contribution in [3.63, 3.8) is 0 Å². The van der Waals surface area contributed by atoms with Crippen LogP contribution in [-0.2, 0) is 4.74 Å². The monoisotopic (exact) mass is 256 g/mol. The lowest BCUT2D eigenvalue weighted by atomic mass is 10.4. The summed E-state index contributed by atoms with van der Waals surface area (Å²) in [6, 6.07) is 3.59. The summed E-state index contributed by atoms with van der Waals surface area (Å²) in [6.07, 6.45) is 3.45. The van der Waals surface area contributed by atoms with Crippen LogP contribution in [0.4, 0.5) is 5.00 Å². The van der Waals surface area contributed by atoms with Crippen molar-refractivity contribution in [2.75, 3.05) is 18.6 Å². The highest BCUT2D eigenvalue weighted by Gasteiger charge is 2.14. The van der Waals surface area contributed by atoms with Crippen molar-refractivity contribution in [2.24, 2.45) is 4.99 Å². The summed E-state index contributed by atoms with van der Waals surface area (Å²) >= 11 is 7.19. The molecule has 0 bridgehead atoms. The summed E-state index contributed by atoms with van der Waals surface area (Å²) in [5.41, 5.74) is 0. The van der Waals surface area contributed by atoms with Crippen molar-refractivity contribution in [3.05, 3.63) is 29.4 Å². The zero-order chi connectivity index (χ0) is 11.5. The van der Waals surface area contributed by atoms with E-state index in [4.69, 9.17) is 11.6 Å². The maximum absolute atomic E-state index is 11.3. The highest BCUT2D eigenvalue weighted by atomic mass is 35.5. The fourth-order valence-electron chi connectivity index (χ4n) is 1.27. The molecule has 2 rings (SSSR count). The maximum Gasteiger partial charge on any atom is 0.348 e. The van der Waals surface area contributed by atoms with Crippen LogP contribution in [0.5, 0.6) is 0 Å². The van der Waals surface area contributed by atoms with E-state index in [0.29, 0.717) is 16.6 Å². The molecule has 0 radical (unpaired) electrons. The SMILES string of the molecule is COC(=O)c1ccc(N2C=CN=C(Cl)C2)s1. The first-order valence-corrected chi connectivity index (χ1v) is 5.74. The fourth-order valence-corrected chi connectivity index (χ4v) is 2.36. The lowest BCUT2D eigenvalue weighted by Crippen LogP contribution is -2.23. The third-order valence-corrected chi connectivity index (χ3v) is 3.34. The number of rotatable bonds is 2. The first-order valence-electron chi connectivity index (χ1n) is 4.54. The molecule has 0 unspecified atom stereocenters. The molecule has 1 aliphatic rings. The van der Waals surface area contributed by atoms with Gasteiger partial charge in [0.25, 0.3) is 0 Å². The van der Waals surface area contributed by atoms with Crippen LogP contribution in [0, 0.1) is 0 Å². The number of thiophene rings is 1. The van der Waals surface area contributed by atoms with Gasteiger partial charge in [-0.15, -0.1) is 11.3 Å². The van der Waals surface area contributed by atoms with Gasteiger partial charge in [0, 0.05) is 12.4 Å². The van der Waals surface area contributed by atoms with Gasteiger partial charge in [-0.3, -0.25) is 0 Å². The number of anilines is 1. The summed E-state index contributed by atoms with van der Waals surface area (Å²) < 4.78 is 4.64. The molecule has 0 saturated carbocycles. The van der Waals surface area contributed by atoms with Gasteiger partial charge in [0.2, 0.25) is 0 Å². The Morgan fingerprint density at radius 2 is 2.44 bits per heavy atom. The maximum atomic E-state index is 11.3. The normalized spacial score (nSPS) is 14.9. The van der Waals surface area contributed by atoms with Gasteiger partial charge in [0.15, 0.2) is 0 Å². The van der Waals surface area contributed by atoms with Gasteiger partial charge < -0.3 is 9.64 Å². The second-order valence-corrected chi connectivity index (χ2v) is 4.56. The van der Waals surface area contributed by atoms with Crippen molar-refractivity contribution in [3.8, 4) is 0 Å². The number of esters is 1. The Morgan fingerprint density at radius 3 is 3.12 bits per heavy atom. The molecule has 0 aromatic carbocycles. The van der Waals surface area contributed by atoms with E-state index in [2.05, 4.69) is 9.73 Å². The minimum absolute atomic E-state index is 0.322. The zero-order valence-electron chi connectivity index (χ0n) is 8.51. The molecule has 1 aromatic rings. The van der Waals surface area contributed by atoms with Gasteiger partial charge in [-0.25, -0.2) is 9.79 Å². The largest absolute Gasteiger partial charge is 0.465 e. The third kappa shape index (κ3) is 2.25. The Bertz CT molecular complexity index is 467. The summed E-state index contributed by atoms with van der Waals surface area (Å²) in [6.45, 7) is 0.527. The van der Waals surface area contributed by atoms with Gasteiger partial charge >= 0.3 is 5.97 Å². The number of hydrogen-bond acceptors (Lipinski definition) is 5. The Labute approximate surface area is 102 Å². The van der Waals surface area contributed by atoms with Gasteiger partial charge in [-0.05, 0) is 12.1 Å². The molecule has 2 heterocycles. The highest BCUT2D eigenvalue weighted by molar-refractivity contribution is 7.17. The van der Waals surface area contributed by atoms with E-state index in [0.717, 1.165) is 5.00 Å². The molecule has 0 aliphatic carbocycles. The molecule has 0 atom stereocenters. The smallest absolute Gasteiger partial charge is 0.348 e. The highest BCUT2D eigenvalue weighted by Crippen LogP contribution is 2.27. The summed E-state index contributed by atoms with van der Waals surface area (Å²) in [5, 5.41) is 1.46. The van der Waals surface area contributed by atoms with Crippen LogP contribution < -0.4 is 4.90 Å². The number of methoxy groups -OCH3 is 1. The Balaban J connectivity index is 2.17. The van der Waals surface area contributed by atoms with Crippen LogP contribution in [0.2, 0.25) is 0 Å². The number of carbonyl (C=O) groups is 1. The minimum atomic E-state index is -0.322. The first-order chi connectivity index (χ1) is 7.70. The van der Waals surface area contributed by atoms with E-state index in [9.17, 15) is 4.79 Å². The molecule has 0 N–H and O–H groups in total. The van der Waals surface area contributed by atoms with Gasteiger partial charge in [0.1, 0.15) is 10.0 Å². The second kappa shape index (κ2) is 4.67. The summed E-state index contributed by atoms with van der Waals surface area (Å²) in [4.78, 5) is 17.7. The number of ether oxygens (including phenoxy) is 1. The molecule has 16 heavy (non-hydrogen) atoms. The van der Waals surface area contributed by atoms with Crippen LogP contribution in [0.3, 0.4) is 0 Å². The number of carbonyl (C=O) groups excluding carboxylic acids is 1. The summed E-state index contributed by atoms with van der Waals surface area (Å²) in [5.74, 6) is -0.322. The molecular formula is C10H9ClN2O2S. The van der Waals surface area contributed by atoms with Crippen LogP contribution in [-0.4, -0.2) is 24.8 Å². The average Bonchev–Trinajstić information content (AvgIpc) is 2.77. The van der Waals surface area contributed by atoms with Gasteiger partial charge in [0.05, 0.1) is 18.7 Å². The Hall–Kier alpha value is -1.33. The van der Waals surface area contributed by atoms with E-state index in [1.807, 2.05) is 17.2 Å². The third-order valence-electron chi connectivity index (χ3n) is 2.02. The van der Waals surface area contributed by atoms with Crippen LogP contribution >= 0.6 is 22.9 Å². The van der Waals surface area contributed by atoms with E-state index >= 15 is 0 Å². The van der Waals surface area contributed by atoms with Crippen molar-refractivity contribution in [1.82, 2.24) is 0 Å². The van der Waals surface area contributed by atoms with Crippen molar-refractivity contribution >= 4 is 39.1 Å². The van der Waals surface area contributed by atoms with Crippen molar-refractivity contribution in [1.29, 1.82) is 0 Å². The molecule has 1 aromatic heterocycles. The lowest BCUT2D eigenvalue weighted by molar-refractivity contribution is 0.0606. The molecule has 4 nitrogen and oxygen atoms in total. The predicted octanol–water partition coefficient (Wildman–Crippen LogP) is 2.46. The number of aliphatic imine (C=N–C) groups is 1. The van der Waals surface area contributed by atoms with Gasteiger partial charge in [-0.1, -0.05) is 11.6 Å². The first kappa shape index (κ1) is 11.2. The van der Waals surface area contributed by atoms with Crippen molar-refractivity contribution in [2.45, 2.75) is 0 Å². The van der Waals surface area contributed by atoms with Gasteiger partial charge in [-0.2, -0.15) is 0 Å². The predicted molar refractivity (Wildman–Crippen MR) is 65.4 cm³/mol. The molecule has 84 valence electrons. The number of halogens is 1. The molecule has 1 aliphatic heterocycles.